The molecule has 0 unspecified atom stereocenters. The molecule has 0 aliphatic carbocycles. The number of benzene rings is 1. The van der Waals surface area contributed by atoms with Crippen molar-refractivity contribution in [2.24, 2.45) is 0 Å². The van der Waals surface area contributed by atoms with Gasteiger partial charge >= 0.3 is 0 Å². The molecule has 7 heteroatoms. The Morgan fingerprint density at radius 2 is 2.00 bits per heavy atom. The van der Waals surface area contributed by atoms with Crippen molar-refractivity contribution in [3.63, 3.8) is 0 Å². The Morgan fingerprint density at radius 1 is 1.21 bits per heavy atom. The van der Waals surface area contributed by atoms with E-state index in [-0.39, 0.29) is 4.90 Å². The van der Waals surface area contributed by atoms with Gasteiger partial charge in [-0.05, 0) is 42.3 Å². The van der Waals surface area contributed by atoms with Crippen LogP contribution in [0.2, 0.25) is 5.02 Å². The number of anilines is 1. The van der Waals surface area contributed by atoms with Crippen LogP contribution in [0.3, 0.4) is 0 Å². The average Bonchev–Trinajstić information content (AvgIpc) is 2.94. The maximum atomic E-state index is 12.4. The molecule has 1 aromatic heterocycles. The van der Waals surface area contributed by atoms with Gasteiger partial charge in [0.25, 0.3) is 10.0 Å². The van der Waals surface area contributed by atoms with Crippen molar-refractivity contribution in [3.8, 4) is 0 Å². The van der Waals surface area contributed by atoms with Crippen molar-refractivity contribution in [1.29, 1.82) is 0 Å². The van der Waals surface area contributed by atoms with Gasteiger partial charge in [0.2, 0.25) is 0 Å². The maximum Gasteiger partial charge on any atom is 0.263 e. The van der Waals surface area contributed by atoms with Gasteiger partial charge < -0.3 is 0 Å². The molecule has 5 nitrogen and oxygen atoms in total. The first-order chi connectivity index (χ1) is 11.5. The Bertz CT molecular complexity index is 839. The Kier molecular flexibility index (Phi) is 5.08. The molecule has 2 aromatic rings. The lowest BCUT2D eigenvalue weighted by Gasteiger charge is -2.13. The van der Waals surface area contributed by atoms with Crippen LogP contribution in [0, 0.1) is 0 Å². The van der Waals surface area contributed by atoms with E-state index in [4.69, 9.17) is 11.6 Å². The normalized spacial score (nSPS) is 14.6. The van der Waals surface area contributed by atoms with Gasteiger partial charge in [-0.2, -0.15) is 0 Å². The molecule has 1 aliphatic heterocycles. The molecule has 0 atom stereocenters. The van der Waals surface area contributed by atoms with Gasteiger partial charge in [0, 0.05) is 31.2 Å². The summed E-state index contributed by atoms with van der Waals surface area (Å²) in [5, 5.41) is 0.290. The van der Waals surface area contributed by atoms with Crippen LogP contribution >= 0.6 is 11.6 Å². The molecule has 1 aliphatic rings. The summed E-state index contributed by atoms with van der Waals surface area (Å²) in [4.78, 5) is 6.27. The number of unbranched alkanes of at least 4 members (excludes halogenated alkanes) is 1. The lowest BCUT2D eigenvalue weighted by molar-refractivity contribution is 0.279. The third-order valence-electron chi connectivity index (χ3n) is 4.06. The highest BCUT2D eigenvalue weighted by Gasteiger charge is 2.20. The molecule has 0 fully saturated rings. The lowest BCUT2D eigenvalue weighted by Crippen LogP contribution is -2.17. The van der Waals surface area contributed by atoms with Gasteiger partial charge in [0.15, 0.2) is 0 Å². The minimum atomic E-state index is -3.69. The molecule has 1 N–H and O–H groups in total. The van der Waals surface area contributed by atoms with Crippen LogP contribution in [-0.2, 0) is 23.1 Å². The molecule has 2 heterocycles. The number of fused-ring (bicyclic) bond motifs is 1. The van der Waals surface area contributed by atoms with E-state index < -0.39 is 10.0 Å². The third kappa shape index (κ3) is 3.88. The van der Waals surface area contributed by atoms with Crippen molar-refractivity contribution in [3.05, 3.63) is 52.8 Å². The molecule has 0 bridgehead atoms. The molecule has 0 amide bonds. The topological polar surface area (TPSA) is 62.3 Å². The molecule has 128 valence electrons. The molecule has 1 aromatic carbocycles. The Morgan fingerprint density at radius 3 is 2.75 bits per heavy atom. The van der Waals surface area contributed by atoms with Gasteiger partial charge in [-0.25, -0.2) is 8.42 Å². The number of pyridine rings is 1. The molecule has 0 saturated heterocycles. The average molecular weight is 366 g/mol. The standard InChI is InChI=1S/C17H20ClN3O2S/c1-2-3-6-21-11-13-4-5-16(7-14(13)12-21)20-24(22,23)17-8-15(18)9-19-10-17/h4-5,7-10,20H,2-3,6,11-12H2,1H3. The van der Waals surface area contributed by atoms with Gasteiger partial charge in [0.1, 0.15) is 4.90 Å². The molecular formula is C17H20ClN3O2S. The number of rotatable bonds is 6. The first-order valence-corrected chi connectivity index (χ1v) is 9.81. The predicted molar refractivity (Wildman–Crippen MR) is 95.5 cm³/mol. The Labute approximate surface area is 147 Å². The summed E-state index contributed by atoms with van der Waals surface area (Å²) in [6, 6.07) is 7.10. The number of hydrogen-bond donors (Lipinski definition) is 1. The number of nitrogens with zero attached hydrogens (tertiary/aromatic N) is 2. The fourth-order valence-electron chi connectivity index (χ4n) is 2.82. The highest BCUT2D eigenvalue weighted by atomic mass is 35.5. The lowest BCUT2D eigenvalue weighted by atomic mass is 10.1. The minimum Gasteiger partial charge on any atom is -0.295 e. The summed E-state index contributed by atoms with van der Waals surface area (Å²) < 4.78 is 27.5. The molecule has 3 rings (SSSR count). The van der Waals surface area contributed by atoms with Crippen molar-refractivity contribution < 1.29 is 8.42 Å². The fraction of sp³-hybridized carbons (Fsp3) is 0.353. The van der Waals surface area contributed by atoms with Gasteiger partial charge in [-0.1, -0.05) is 31.0 Å². The van der Waals surface area contributed by atoms with Crippen LogP contribution in [-0.4, -0.2) is 24.8 Å². The van der Waals surface area contributed by atoms with Gasteiger partial charge in [0.05, 0.1) is 5.02 Å². The zero-order chi connectivity index (χ0) is 17.2. The van der Waals surface area contributed by atoms with E-state index in [1.807, 2.05) is 12.1 Å². The van der Waals surface area contributed by atoms with E-state index in [9.17, 15) is 8.42 Å². The van der Waals surface area contributed by atoms with Crippen molar-refractivity contribution in [1.82, 2.24) is 9.88 Å². The van der Waals surface area contributed by atoms with Crippen molar-refractivity contribution in [2.45, 2.75) is 37.8 Å². The number of nitrogens with one attached hydrogen (secondary N) is 1. The largest absolute Gasteiger partial charge is 0.295 e. The summed E-state index contributed by atoms with van der Waals surface area (Å²) in [7, 11) is -3.69. The summed E-state index contributed by atoms with van der Waals surface area (Å²) in [6.45, 7) is 5.05. The quantitative estimate of drug-likeness (QED) is 0.848. The van der Waals surface area contributed by atoms with Crippen LogP contribution in [0.5, 0.6) is 0 Å². The summed E-state index contributed by atoms with van der Waals surface area (Å²) in [5.74, 6) is 0. The van der Waals surface area contributed by atoms with Gasteiger partial charge in [-0.15, -0.1) is 0 Å². The smallest absolute Gasteiger partial charge is 0.263 e. The van der Waals surface area contributed by atoms with E-state index >= 15 is 0 Å². The Hall–Kier alpha value is -1.63. The van der Waals surface area contributed by atoms with E-state index in [0.717, 1.165) is 19.6 Å². The summed E-state index contributed by atoms with van der Waals surface area (Å²) in [5.41, 5.74) is 3.00. The first kappa shape index (κ1) is 17.2. The number of aromatic nitrogens is 1. The predicted octanol–water partition coefficient (Wildman–Crippen LogP) is 3.65. The van der Waals surface area contributed by atoms with Crippen LogP contribution < -0.4 is 4.72 Å². The fourth-order valence-corrected chi connectivity index (χ4v) is 4.10. The molecule has 0 saturated carbocycles. The number of sulfonamides is 1. The second kappa shape index (κ2) is 7.09. The first-order valence-electron chi connectivity index (χ1n) is 7.95. The van der Waals surface area contributed by atoms with E-state index in [1.54, 1.807) is 6.07 Å². The Balaban J connectivity index is 1.76. The maximum absolute atomic E-state index is 12.4. The monoisotopic (exact) mass is 365 g/mol. The SMILES string of the molecule is CCCCN1Cc2ccc(NS(=O)(=O)c3cncc(Cl)c3)cc2C1. The van der Waals surface area contributed by atoms with Crippen LogP contribution in [0.15, 0.2) is 41.6 Å². The number of hydrogen-bond acceptors (Lipinski definition) is 4. The molecule has 0 radical (unpaired) electrons. The summed E-state index contributed by atoms with van der Waals surface area (Å²) >= 11 is 5.83. The van der Waals surface area contributed by atoms with Crippen LogP contribution in [0.4, 0.5) is 5.69 Å². The highest BCUT2D eigenvalue weighted by molar-refractivity contribution is 7.92. The summed E-state index contributed by atoms with van der Waals surface area (Å²) in [6.07, 6.45) is 5.04. The van der Waals surface area contributed by atoms with E-state index in [1.165, 1.54) is 42.4 Å². The second-order valence-electron chi connectivity index (χ2n) is 5.99. The third-order valence-corrected chi connectivity index (χ3v) is 5.62. The van der Waals surface area contributed by atoms with E-state index in [0.29, 0.717) is 10.7 Å². The highest BCUT2D eigenvalue weighted by Crippen LogP contribution is 2.27. The molecule has 24 heavy (non-hydrogen) atoms. The zero-order valence-corrected chi connectivity index (χ0v) is 15.1. The molecule has 0 spiro atoms. The van der Waals surface area contributed by atoms with E-state index in [2.05, 4.69) is 21.5 Å². The zero-order valence-electron chi connectivity index (χ0n) is 13.5. The van der Waals surface area contributed by atoms with Crippen LogP contribution in [0.25, 0.3) is 0 Å². The van der Waals surface area contributed by atoms with Crippen LogP contribution in [0.1, 0.15) is 30.9 Å². The number of halogens is 1. The van der Waals surface area contributed by atoms with Crippen molar-refractivity contribution in [2.75, 3.05) is 11.3 Å². The van der Waals surface area contributed by atoms with Gasteiger partial charge in [-0.3, -0.25) is 14.6 Å². The molecular weight excluding hydrogens is 346 g/mol. The van der Waals surface area contributed by atoms with Crippen molar-refractivity contribution >= 4 is 27.3 Å². The second-order valence-corrected chi connectivity index (χ2v) is 8.11. The minimum absolute atomic E-state index is 0.0556.